The Labute approximate surface area is 155 Å². The maximum Gasteiger partial charge on any atom is 0.191 e. The van der Waals surface area contributed by atoms with E-state index in [0.717, 1.165) is 36.6 Å². The minimum Gasteiger partial charge on any atom is -0.357 e. The summed E-state index contributed by atoms with van der Waals surface area (Å²) in [5.41, 5.74) is 5.11. The molecule has 0 saturated carbocycles. The zero-order valence-electron chi connectivity index (χ0n) is 16.5. The van der Waals surface area contributed by atoms with Crippen LogP contribution in [0.2, 0.25) is 0 Å². The molecular formula is C20H30FN5. The van der Waals surface area contributed by atoms with Gasteiger partial charge in [0.2, 0.25) is 0 Å². The van der Waals surface area contributed by atoms with E-state index >= 15 is 0 Å². The van der Waals surface area contributed by atoms with Gasteiger partial charge in [-0.15, -0.1) is 0 Å². The molecule has 2 aromatic rings. The van der Waals surface area contributed by atoms with Crippen molar-refractivity contribution in [2.45, 2.75) is 53.6 Å². The topological polar surface area (TPSA) is 54.2 Å². The second-order valence-corrected chi connectivity index (χ2v) is 6.33. The van der Waals surface area contributed by atoms with Gasteiger partial charge in [0, 0.05) is 31.4 Å². The van der Waals surface area contributed by atoms with Gasteiger partial charge in [-0.05, 0) is 43.9 Å². The molecule has 0 amide bonds. The molecule has 0 bridgehead atoms. The highest BCUT2D eigenvalue weighted by Crippen LogP contribution is 2.15. The molecule has 0 aliphatic heterocycles. The summed E-state index contributed by atoms with van der Waals surface area (Å²) >= 11 is 0. The summed E-state index contributed by atoms with van der Waals surface area (Å²) < 4.78 is 15.7. The Hall–Kier alpha value is -2.37. The third-order valence-corrected chi connectivity index (χ3v) is 4.46. The molecule has 2 rings (SSSR count). The number of aromatic nitrogens is 2. The molecule has 0 radical (unpaired) electrons. The molecule has 0 unspecified atom stereocenters. The summed E-state index contributed by atoms with van der Waals surface area (Å²) in [5.74, 6) is 0.535. The van der Waals surface area contributed by atoms with E-state index in [0.29, 0.717) is 18.7 Å². The summed E-state index contributed by atoms with van der Waals surface area (Å²) in [6.07, 6.45) is 1.85. The molecule has 5 nitrogen and oxygen atoms in total. The summed E-state index contributed by atoms with van der Waals surface area (Å²) in [5, 5.41) is 11.2. The van der Waals surface area contributed by atoms with E-state index in [2.05, 4.69) is 34.6 Å². The van der Waals surface area contributed by atoms with E-state index in [9.17, 15) is 4.39 Å². The zero-order valence-corrected chi connectivity index (χ0v) is 16.5. The van der Waals surface area contributed by atoms with Crippen LogP contribution in [-0.2, 0) is 33.0 Å². The SMILES string of the molecule is CCNC(=NCc1ccc(C)c(F)c1)NCc1c(CC)nn(C)c1CC. The molecule has 0 atom stereocenters. The Morgan fingerprint density at radius 1 is 1.19 bits per heavy atom. The van der Waals surface area contributed by atoms with Crippen molar-refractivity contribution in [1.29, 1.82) is 0 Å². The molecule has 26 heavy (non-hydrogen) atoms. The summed E-state index contributed by atoms with van der Waals surface area (Å²) in [7, 11) is 1.99. The molecule has 0 saturated heterocycles. The Kier molecular flexibility index (Phi) is 7.18. The van der Waals surface area contributed by atoms with Crippen molar-refractivity contribution in [3.8, 4) is 0 Å². The Balaban J connectivity index is 2.12. The number of benzene rings is 1. The number of aryl methyl sites for hydroxylation is 3. The zero-order chi connectivity index (χ0) is 19.1. The van der Waals surface area contributed by atoms with E-state index in [-0.39, 0.29) is 5.82 Å². The van der Waals surface area contributed by atoms with Gasteiger partial charge >= 0.3 is 0 Å². The van der Waals surface area contributed by atoms with Crippen molar-refractivity contribution in [2.24, 2.45) is 12.0 Å². The second kappa shape index (κ2) is 9.36. The van der Waals surface area contributed by atoms with Gasteiger partial charge in [-0.3, -0.25) is 4.68 Å². The molecular weight excluding hydrogens is 329 g/mol. The van der Waals surface area contributed by atoms with Crippen LogP contribution in [-0.4, -0.2) is 22.3 Å². The summed E-state index contributed by atoms with van der Waals surface area (Å²) in [6.45, 7) is 9.93. The van der Waals surface area contributed by atoms with E-state index in [1.54, 1.807) is 19.1 Å². The number of halogens is 1. The van der Waals surface area contributed by atoms with Gasteiger partial charge in [0.05, 0.1) is 12.2 Å². The third kappa shape index (κ3) is 4.84. The van der Waals surface area contributed by atoms with E-state index in [4.69, 9.17) is 0 Å². The highest BCUT2D eigenvalue weighted by molar-refractivity contribution is 5.79. The van der Waals surface area contributed by atoms with Crippen LogP contribution in [0.15, 0.2) is 23.2 Å². The Morgan fingerprint density at radius 2 is 1.96 bits per heavy atom. The highest BCUT2D eigenvalue weighted by Gasteiger charge is 2.13. The first-order valence-corrected chi connectivity index (χ1v) is 9.30. The van der Waals surface area contributed by atoms with Crippen molar-refractivity contribution >= 4 is 5.96 Å². The van der Waals surface area contributed by atoms with Crippen LogP contribution in [0.5, 0.6) is 0 Å². The van der Waals surface area contributed by atoms with E-state index in [1.165, 1.54) is 11.3 Å². The molecule has 0 fully saturated rings. The van der Waals surface area contributed by atoms with Crippen molar-refractivity contribution < 1.29 is 4.39 Å². The molecule has 142 valence electrons. The average Bonchev–Trinajstić information content (AvgIpc) is 2.94. The second-order valence-electron chi connectivity index (χ2n) is 6.33. The van der Waals surface area contributed by atoms with E-state index in [1.807, 2.05) is 24.7 Å². The lowest BCUT2D eigenvalue weighted by atomic mass is 10.1. The molecule has 1 aromatic carbocycles. The number of guanidine groups is 1. The Bertz CT molecular complexity index is 764. The minimum atomic E-state index is -0.189. The fourth-order valence-corrected chi connectivity index (χ4v) is 3.01. The smallest absolute Gasteiger partial charge is 0.191 e. The van der Waals surface area contributed by atoms with Crippen LogP contribution in [0.25, 0.3) is 0 Å². The standard InChI is InChI=1S/C20H30FN5/c1-6-18-16(19(7-2)26(5)25-18)13-24-20(22-8-3)23-12-15-10-9-14(4)17(21)11-15/h9-11H,6-8,12-13H2,1-5H3,(H2,22,23,24). The van der Waals surface area contributed by atoms with Crippen LogP contribution in [0.4, 0.5) is 4.39 Å². The average molecular weight is 359 g/mol. The van der Waals surface area contributed by atoms with Crippen molar-refractivity contribution in [3.63, 3.8) is 0 Å². The maximum atomic E-state index is 13.7. The van der Waals surface area contributed by atoms with E-state index < -0.39 is 0 Å². The number of nitrogens with one attached hydrogen (secondary N) is 2. The predicted octanol–water partition coefficient (Wildman–Crippen LogP) is 3.25. The largest absolute Gasteiger partial charge is 0.357 e. The molecule has 2 N–H and O–H groups in total. The van der Waals surface area contributed by atoms with Gasteiger partial charge in [0.25, 0.3) is 0 Å². The van der Waals surface area contributed by atoms with Crippen LogP contribution < -0.4 is 10.6 Å². The number of hydrogen-bond donors (Lipinski definition) is 2. The lowest BCUT2D eigenvalue weighted by Crippen LogP contribution is -2.37. The van der Waals surface area contributed by atoms with Gasteiger partial charge in [0.1, 0.15) is 5.82 Å². The van der Waals surface area contributed by atoms with Crippen LogP contribution in [0.1, 0.15) is 48.8 Å². The molecule has 6 heteroatoms. The minimum absolute atomic E-state index is 0.189. The first-order chi connectivity index (χ1) is 12.5. The quantitative estimate of drug-likeness (QED) is 0.589. The first-order valence-electron chi connectivity index (χ1n) is 9.30. The fraction of sp³-hybridized carbons (Fsp3) is 0.500. The molecule has 0 aliphatic carbocycles. The number of aliphatic imine (C=N–C) groups is 1. The summed E-state index contributed by atoms with van der Waals surface area (Å²) in [4.78, 5) is 4.59. The number of hydrogen-bond acceptors (Lipinski definition) is 2. The first kappa shape index (κ1) is 19.9. The molecule has 0 spiro atoms. The normalized spacial score (nSPS) is 11.7. The van der Waals surface area contributed by atoms with Crippen LogP contribution in [0, 0.1) is 12.7 Å². The maximum absolute atomic E-state index is 13.7. The van der Waals surface area contributed by atoms with Gasteiger partial charge in [-0.2, -0.15) is 5.10 Å². The molecule has 0 aliphatic rings. The van der Waals surface area contributed by atoms with Crippen molar-refractivity contribution in [2.75, 3.05) is 6.54 Å². The van der Waals surface area contributed by atoms with Crippen molar-refractivity contribution in [1.82, 2.24) is 20.4 Å². The predicted molar refractivity (Wildman–Crippen MR) is 105 cm³/mol. The number of rotatable bonds is 7. The monoisotopic (exact) mass is 359 g/mol. The summed E-state index contributed by atoms with van der Waals surface area (Å²) in [6, 6.07) is 5.25. The lowest BCUT2D eigenvalue weighted by molar-refractivity contribution is 0.616. The van der Waals surface area contributed by atoms with Crippen molar-refractivity contribution in [3.05, 3.63) is 52.1 Å². The lowest BCUT2D eigenvalue weighted by Gasteiger charge is -2.12. The number of nitrogens with zero attached hydrogens (tertiary/aromatic N) is 3. The molecule has 1 aromatic heterocycles. The third-order valence-electron chi connectivity index (χ3n) is 4.46. The highest BCUT2D eigenvalue weighted by atomic mass is 19.1. The van der Waals surface area contributed by atoms with Crippen LogP contribution >= 0.6 is 0 Å². The fourth-order valence-electron chi connectivity index (χ4n) is 3.01. The van der Waals surface area contributed by atoms with Gasteiger partial charge in [-0.1, -0.05) is 26.0 Å². The van der Waals surface area contributed by atoms with Crippen LogP contribution in [0.3, 0.4) is 0 Å². The Morgan fingerprint density at radius 3 is 2.58 bits per heavy atom. The molecule has 1 heterocycles. The van der Waals surface area contributed by atoms with Gasteiger partial charge in [-0.25, -0.2) is 9.38 Å². The van der Waals surface area contributed by atoms with Gasteiger partial charge < -0.3 is 10.6 Å². The van der Waals surface area contributed by atoms with Gasteiger partial charge in [0.15, 0.2) is 5.96 Å².